The summed E-state index contributed by atoms with van der Waals surface area (Å²) in [7, 11) is 0. The van der Waals surface area contributed by atoms with Crippen molar-refractivity contribution in [2.45, 2.75) is 27.0 Å². The zero-order valence-electron chi connectivity index (χ0n) is 14.8. The molecule has 6 nitrogen and oxygen atoms in total. The van der Waals surface area contributed by atoms with E-state index in [0.717, 1.165) is 15.6 Å². The molecule has 7 heteroatoms. The van der Waals surface area contributed by atoms with Gasteiger partial charge in [-0.1, -0.05) is 29.8 Å². The summed E-state index contributed by atoms with van der Waals surface area (Å²) in [6.07, 6.45) is 1.46. The molecule has 0 saturated carbocycles. The SMILES string of the molecule is CCOc1cc(CNc2ncn[nH]2)cc(Br)c1OCc1cccc(C)c1. The van der Waals surface area contributed by atoms with Crippen LogP contribution in [0.5, 0.6) is 11.5 Å². The van der Waals surface area contributed by atoms with E-state index in [0.29, 0.717) is 37.2 Å². The molecule has 0 atom stereocenters. The third-order valence-electron chi connectivity index (χ3n) is 3.71. The number of aryl methyl sites for hydroxylation is 1. The molecule has 0 aliphatic carbocycles. The van der Waals surface area contributed by atoms with E-state index < -0.39 is 0 Å². The number of halogens is 1. The molecule has 136 valence electrons. The molecule has 3 rings (SSSR count). The Labute approximate surface area is 161 Å². The van der Waals surface area contributed by atoms with Crippen molar-refractivity contribution in [2.24, 2.45) is 0 Å². The van der Waals surface area contributed by atoms with Crippen LogP contribution in [0.3, 0.4) is 0 Å². The van der Waals surface area contributed by atoms with Crippen molar-refractivity contribution < 1.29 is 9.47 Å². The topological polar surface area (TPSA) is 72.1 Å². The molecule has 0 saturated heterocycles. The lowest BCUT2D eigenvalue weighted by Crippen LogP contribution is -2.04. The largest absolute Gasteiger partial charge is 0.490 e. The predicted octanol–water partition coefficient (Wildman–Crippen LogP) is 4.47. The standard InChI is InChI=1S/C19H21BrN4O2/c1-3-25-17-9-15(10-21-19-22-12-23-24-19)8-16(20)18(17)26-11-14-6-4-5-13(2)7-14/h4-9,12H,3,10-11H2,1-2H3,(H2,21,22,23,24). The first-order valence-electron chi connectivity index (χ1n) is 8.38. The summed E-state index contributed by atoms with van der Waals surface area (Å²) in [5.74, 6) is 2.04. The highest BCUT2D eigenvalue weighted by Gasteiger charge is 2.13. The average Bonchev–Trinajstić information content (AvgIpc) is 3.13. The van der Waals surface area contributed by atoms with Crippen LogP contribution < -0.4 is 14.8 Å². The molecular weight excluding hydrogens is 396 g/mol. The van der Waals surface area contributed by atoms with Gasteiger partial charge in [0.2, 0.25) is 5.95 Å². The summed E-state index contributed by atoms with van der Waals surface area (Å²) < 4.78 is 12.7. The number of H-pyrrole nitrogens is 1. The van der Waals surface area contributed by atoms with Gasteiger partial charge in [0.25, 0.3) is 0 Å². The summed E-state index contributed by atoms with van der Waals surface area (Å²) in [5.41, 5.74) is 3.37. The Morgan fingerprint density at radius 3 is 2.77 bits per heavy atom. The normalized spacial score (nSPS) is 10.6. The van der Waals surface area contributed by atoms with Gasteiger partial charge < -0.3 is 14.8 Å². The second-order valence-electron chi connectivity index (χ2n) is 5.80. The minimum Gasteiger partial charge on any atom is -0.490 e. The number of hydrogen-bond acceptors (Lipinski definition) is 5. The van der Waals surface area contributed by atoms with Crippen LogP contribution in [0, 0.1) is 6.92 Å². The summed E-state index contributed by atoms with van der Waals surface area (Å²) in [4.78, 5) is 4.05. The van der Waals surface area contributed by atoms with Crippen molar-refractivity contribution >= 4 is 21.9 Å². The number of nitrogens with zero attached hydrogens (tertiary/aromatic N) is 2. The maximum Gasteiger partial charge on any atom is 0.218 e. The summed E-state index contributed by atoms with van der Waals surface area (Å²) in [6, 6.07) is 12.3. The number of aromatic amines is 1. The lowest BCUT2D eigenvalue weighted by atomic mass is 10.1. The van der Waals surface area contributed by atoms with Gasteiger partial charge >= 0.3 is 0 Å². The number of aromatic nitrogens is 3. The fourth-order valence-electron chi connectivity index (χ4n) is 2.56. The maximum absolute atomic E-state index is 6.05. The fourth-order valence-corrected chi connectivity index (χ4v) is 3.16. The van der Waals surface area contributed by atoms with E-state index in [1.807, 2.05) is 25.1 Å². The van der Waals surface area contributed by atoms with Gasteiger partial charge in [-0.15, -0.1) is 0 Å². The number of ether oxygens (including phenoxy) is 2. The van der Waals surface area contributed by atoms with E-state index >= 15 is 0 Å². The van der Waals surface area contributed by atoms with Gasteiger partial charge in [-0.05, 0) is 53.0 Å². The van der Waals surface area contributed by atoms with Gasteiger partial charge in [0.05, 0.1) is 11.1 Å². The smallest absolute Gasteiger partial charge is 0.218 e. The Morgan fingerprint density at radius 2 is 2.04 bits per heavy atom. The molecule has 3 aromatic rings. The molecule has 0 amide bonds. The number of anilines is 1. The maximum atomic E-state index is 6.05. The van der Waals surface area contributed by atoms with Crippen molar-refractivity contribution in [3.8, 4) is 11.5 Å². The van der Waals surface area contributed by atoms with Crippen molar-refractivity contribution in [2.75, 3.05) is 11.9 Å². The molecule has 26 heavy (non-hydrogen) atoms. The van der Waals surface area contributed by atoms with E-state index in [1.54, 1.807) is 0 Å². The first-order valence-corrected chi connectivity index (χ1v) is 9.18. The van der Waals surface area contributed by atoms with Crippen LogP contribution >= 0.6 is 15.9 Å². The van der Waals surface area contributed by atoms with Crippen LogP contribution in [-0.4, -0.2) is 21.8 Å². The minimum atomic E-state index is 0.482. The van der Waals surface area contributed by atoms with Gasteiger partial charge in [0, 0.05) is 6.54 Å². The number of rotatable bonds is 8. The lowest BCUT2D eigenvalue weighted by molar-refractivity contribution is 0.267. The molecule has 1 heterocycles. The molecule has 0 aliphatic heterocycles. The van der Waals surface area contributed by atoms with Crippen LogP contribution in [0.1, 0.15) is 23.6 Å². The van der Waals surface area contributed by atoms with E-state index in [2.05, 4.69) is 61.6 Å². The van der Waals surface area contributed by atoms with Gasteiger partial charge in [-0.3, -0.25) is 0 Å². The van der Waals surface area contributed by atoms with E-state index in [9.17, 15) is 0 Å². The van der Waals surface area contributed by atoms with Crippen LogP contribution in [0.25, 0.3) is 0 Å². The molecular formula is C19H21BrN4O2. The fraction of sp³-hybridized carbons (Fsp3) is 0.263. The zero-order valence-corrected chi connectivity index (χ0v) is 16.3. The Morgan fingerprint density at radius 1 is 1.15 bits per heavy atom. The van der Waals surface area contributed by atoms with Crippen molar-refractivity contribution in [3.63, 3.8) is 0 Å². The van der Waals surface area contributed by atoms with Crippen LogP contribution in [0.4, 0.5) is 5.95 Å². The lowest BCUT2D eigenvalue weighted by Gasteiger charge is -2.16. The number of hydrogen-bond donors (Lipinski definition) is 2. The highest BCUT2D eigenvalue weighted by molar-refractivity contribution is 9.10. The first kappa shape index (κ1) is 18.3. The molecule has 0 aliphatic rings. The van der Waals surface area contributed by atoms with Crippen molar-refractivity contribution in [1.29, 1.82) is 0 Å². The molecule has 0 fully saturated rings. The van der Waals surface area contributed by atoms with Crippen LogP contribution in [-0.2, 0) is 13.2 Å². The van der Waals surface area contributed by atoms with Gasteiger partial charge in [-0.25, -0.2) is 10.1 Å². The summed E-state index contributed by atoms with van der Waals surface area (Å²) in [6.45, 7) is 5.66. The van der Waals surface area contributed by atoms with E-state index in [1.165, 1.54) is 11.9 Å². The van der Waals surface area contributed by atoms with E-state index in [-0.39, 0.29) is 0 Å². The summed E-state index contributed by atoms with van der Waals surface area (Å²) >= 11 is 3.61. The summed E-state index contributed by atoms with van der Waals surface area (Å²) in [5, 5.41) is 9.77. The monoisotopic (exact) mass is 416 g/mol. The van der Waals surface area contributed by atoms with E-state index in [4.69, 9.17) is 9.47 Å². The Hall–Kier alpha value is -2.54. The van der Waals surface area contributed by atoms with Crippen molar-refractivity contribution in [3.05, 3.63) is 63.9 Å². The van der Waals surface area contributed by atoms with Crippen molar-refractivity contribution in [1.82, 2.24) is 15.2 Å². The molecule has 1 aromatic heterocycles. The van der Waals surface area contributed by atoms with Crippen LogP contribution in [0.2, 0.25) is 0 Å². The second-order valence-corrected chi connectivity index (χ2v) is 6.66. The number of benzene rings is 2. The molecule has 0 unspecified atom stereocenters. The molecule has 0 bridgehead atoms. The molecule has 2 N–H and O–H groups in total. The third-order valence-corrected chi connectivity index (χ3v) is 4.30. The van der Waals surface area contributed by atoms with Gasteiger partial charge in [-0.2, -0.15) is 5.10 Å². The average molecular weight is 417 g/mol. The Balaban J connectivity index is 1.75. The molecule has 2 aromatic carbocycles. The first-order chi connectivity index (χ1) is 12.7. The number of nitrogens with one attached hydrogen (secondary N) is 2. The van der Waals surface area contributed by atoms with Gasteiger partial charge in [0.15, 0.2) is 11.5 Å². The third kappa shape index (κ3) is 4.76. The molecule has 0 radical (unpaired) electrons. The predicted molar refractivity (Wildman–Crippen MR) is 105 cm³/mol. The Kier molecular flexibility index (Phi) is 6.12. The quantitative estimate of drug-likeness (QED) is 0.566. The highest BCUT2D eigenvalue weighted by Crippen LogP contribution is 2.37. The zero-order chi connectivity index (χ0) is 18.4. The highest BCUT2D eigenvalue weighted by atomic mass is 79.9. The van der Waals surface area contributed by atoms with Gasteiger partial charge in [0.1, 0.15) is 12.9 Å². The minimum absolute atomic E-state index is 0.482. The second kappa shape index (κ2) is 8.71. The van der Waals surface area contributed by atoms with Crippen LogP contribution in [0.15, 0.2) is 47.2 Å². The molecule has 0 spiro atoms. The Bertz CT molecular complexity index is 853.